The van der Waals surface area contributed by atoms with Gasteiger partial charge in [0, 0.05) is 32.2 Å². The fourth-order valence-electron chi connectivity index (χ4n) is 2.41. The van der Waals surface area contributed by atoms with Crippen LogP contribution in [0.3, 0.4) is 0 Å². The number of amides is 1. The van der Waals surface area contributed by atoms with Crippen LogP contribution < -0.4 is 0 Å². The van der Waals surface area contributed by atoms with Crippen molar-refractivity contribution in [1.29, 1.82) is 0 Å². The van der Waals surface area contributed by atoms with E-state index in [2.05, 4.69) is 26.0 Å². The molecule has 0 radical (unpaired) electrons. The molecule has 112 valence electrons. The topological polar surface area (TPSA) is 49.6 Å². The van der Waals surface area contributed by atoms with E-state index >= 15 is 0 Å². The Labute approximate surface area is 135 Å². The van der Waals surface area contributed by atoms with Crippen molar-refractivity contribution in [3.8, 4) is 0 Å². The third-order valence-corrected chi connectivity index (χ3v) is 5.11. The second-order valence-electron chi connectivity index (χ2n) is 5.11. The fourth-order valence-corrected chi connectivity index (χ4v) is 3.76. The normalized spacial score (nSPS) is 16.4. The third-order valence-electron chi connectivity index (χ3n) is 3.50. The molecule has 0 atom stereocenters. The summed E-state index contributed by atoms with van der Waals surface area (Å²) >= 11 is 4.88. The molecule has 1 amide bonds. The number of hydrogen-bond acceptors (Lipinski definition) is 5. The molecule has 2 aromatic heterocycles. The zero-order valence-electron chi connectivity index (χ0n) is 11.7. The second kappa shape index (κ2) is 6.29. The smallest absolute Gasteiger partial charge is 0.264 e. The molecule has 1 aliphatic heterocycles. The largest absolute Gasteiger partial charge is 0.360 e. The number of hydrogen-bond donors (Lipinski definition) is 0. The van der Waals surface area contributed by atoms with Crippen molar-refractivity contribution < 1.29 is 9.32 Å². The zero-order chi connectivity index (χ0) is 14.8. The lowest BCUT2D eigenvalue weighted by Gasteiger charge is -2.33. The first-order valence-electron chi connectivity index (χ1n) is 6.81. The molecule has 3 heterocycles. The summed E-state index contributed by atoms with van der Waals surface area (Å²) in [5.74, 6) is 1.01. The molecule has 5 nitrogen and oxygen atoms in total. The van der Waals surface area contributed by atoms with E-state index in [1.165, 1.54) is 11.3 Å². The van der Waals surface area contributed by atoms with Gasteiger partial charge in [-0.2, -0.15) is 0 Å². The molecule has 2 aromatic rings. The fraction of sp³-hybridized carbons (Fsp3) is 0.429. The molecule has 1 saturated heterocycles. The summed E-state index contributed by atoms with van der Waals surface area (Å²) in [4.78, 5) is 17.3. The van der Waals surface area contributed by atoms with Crippen molar-refractivity contribution in [1.82, 2.24) is 15.0 Å². The summed E-state index contributed by atoms with van der Waals surface area (Å²) in [6.45, 7) is 5.90. The molecule has 0 unspecified atom stereocenters. The van der Waals surface area contributed by atoms with Gasteiger partial charge in [-0.05, 0) is 35.0 Å². The zero-order valence-corrected chi connectivity index (χ0v) is 14.1. The van der Waals surface area contributed by atoms with Crippen LogP contribution in [0.5, 0.6) is 0 Å². The monoisotopic (exact) mass is 369 g/mol. The van der Waals surface area contributed by atoms with Crippen molar-refractivity contribution in [2.75, 3.05) is 26.2 Å². The van der Waals surface area contributed by atoms with Gasteiger partial charge in [0.15, 0.2) is 5.76 Å². The molecule has 0 saturated carbocycles. The molecule has 0 aliphatic carbocycles. The van der Waals surface area contributed by atoms with Gasteiger partial charge in [-0.3, -0.25) is 9.69 Å². The van der Waals surface area contributed by atoms with Crippen LogP contribution in [-0.4, -0.2) is 47.0 Å². The summed E-state index contributed by atoms with van der Waals surface area (Å²) in [5, 5.41) is 3.90. The van der Waals surface area contributed by atoms with E-state index in [1.807, 2.05) is 30.0 Å². The number of carbonyl (C=O) groups is 1. The molecule has 1 fully saturated rings. The Morgan fingerprint density at radius 1 is 1.38 bits per heavy atom. The van der Waals surface area contributed by atoms with Gasteiger partial charge < -0.3 is 9.42 Å². The minimum absolute atomic E-state index is 0.126. The van der Waals surface area contributed by atoms with E-state index in [4.69, 9.17) is 4.52 Å². The number of carbonyl (C=O) groups excluding carboxylic acids is 1. The Morgan fingerprint density at radius 2 is 2.14 bits per heavy atom. The first-order valence-corrected chi connectivity index (χ1v) is 8.42. The van der Waals surface area contributed by atoms with Gasteiger partial charge in [0.1, 0.15) is 0 Å². The van der Waals surface area contributed by atoms with Crippen molar-refractivity contribution in [2.24, 2.45) is 0 Å². The molecular weight excluding hydrogens is 354 g/mol. The standard InChI is InChI=1S/C14H16BrN3O2S/c1-10-8-11(20-16-10)9-17-4-6-18(7-5-17)14(19)12-2-3-13(15)21-12/h2-3,8H,4-7,9H2,1H3. The first-order chi connectivity index (χ1) is 10.1. The lowest BCUT2D eigenvalue weighted by atomic mass is 10.2. The Kier molecular flexibility index (Phi) is 4.42. The Bertz CT molecular complexity index is 632. The Hall–Kier alpha value is -1.18. The highest BCUT2D eigenvalue weighted by atomic mass is 79.9. The molecule has 21 heavy (non-hydrogen) atoms. The number of nitrogens with zero attached hydrogens (tertiary/aromatic N) is 3. The minimum atomic E-state index is 0.126. The van der Waals surface area contributed by atoms with Crippen LogP contribution in [0.2, 0.25) is 0 Å². The maximum Gasteiger partial charge on any atom is 0.264 e. The summed E-state index contributed by atoms with van der Waals surface area (Å²) < 4.78 is 6.23. The van der Waals surface area contributed by atoms with E-state index in [1.54, 1.807) is 0 Å². The Morgan fingerprint density at radius 3 is 2.71 bits per heavy atom. The number of halogens is 1. The van der Waals surface area contributed by atoms with Crippen molar-refractivity contribution in [2.45, 2.75) is 13.5 Å². The molecule has 0 spiro atoms. The summed E-state index contributed by atoms with van der Waals surface area (Å²) in [5.41, 5.74) is 0.905. The van der Waals surface area contributed by atoms with Gasteiger partial charge in [0.25, 0.3) is 5.91 Å². The predicted molar refractivity (Wildman–Crippen MR) is 84.4 cm³/mol. The number of thiophene rings is 1. The highest BCUT2D eigenvalue weighted by Crippen LogP contribution is 2.23. The number of piperazine rings is 1. The average molecular weight is 370 g/mol. The van der Waals surface area contributed by atoms with Crippen molar-refractivity contribution in [3.05, 3.63) is 38.3 Å². The van der Waals surface area contributed by atoms with E-state index in [0.717, 1.165) is 52.8 Å². The van der Waals surface area contributed by atoms with E-state index < -0.39 is 0 Å². The van der Waals surface area contributed by atoms with Crippen LogP contribution in [0.25, 0.3) is 0 Å². The highest BCUT2D eigenvalue weighted by Gasteiger charge is 2.23. The summed E-state index contributed by atoms with van der Waals surface area (Å²) in [6, 6.07) is 5.75. The maximum absolute atomic E-state index is 12.3. The minimum Gasteiger partial charge on any atom is -0.360 e. The van der Waals surface area contributed by atoms with Gasteiger partial charge in [0.2, 0.25) is 0 Å². The van der Waals surface area contributed by atoms with Crippen LogP contribution >= 0.6 is 27.3 Å². The van der Waals surface area contributed by atoms with Crippen LogP contribution in [0.15, 0.2) is 26.5 Å². The van der Waals surface area contributed by atoms with Crippen LogP contribution in [0, 0.1) is 6.92 Å². The molecule has 7 heteroatoms. The van der Waals surface area contributed by atoms with Gasteiger partial charge in [-0.15, -0.1) is 11.3 Å². The highest BCUT2D eigenvalue weighted by molar-refractivity contribution is 9.11. The summed E-state index contributed by atoms with van der Waals surface area (Å²) in [7, 11) is 0. The van der Waals surface area contributed by atoms with Gasteiger partial charge in [-0.1, -0.05) is 5.16 Å². The quantitative estimate of drug-likeness (QED) is 0.834. The van der Waals surface area contributed by atoms with Crippen LogP contribution in [0.1, 0.15) is 21.1 Å². The number of aryl methyl sites for hydroxylation is 1. The first kappa shape index (κ1) is 14.7. The lowest BCUT2D eigenvalue weighted by molar-refractivity contribution is 0.0622. The van der Waals surface area contributed by atoms with E-state index in [9.17, 15) is 4.79 Å². The van der Waals surface area contributed by atoms with Gasteiger partial charge in [-0.25, -0.2) is 0 Å². The number of rotatable bonds is 3. The molecule has 0 bridgehead atoms. The second-order valence-corrected chi connectivity index (χ2v) is 7.57. The third kappa shape index (κ3) is 3.53. The van der Waals surface area contributed by atoms with Gasteiger partial charge >= 0.3 is 0 Å². The van der Waals surface area contributed by atoms with Gasteiger partial charge in [0.05, 0.1) is 20.9 Å². The number of aromatic nitrogens is 1. The predicted octanol–water partition coefficient (Wildman–Crippen LogP) is 2.77. The summed E-state index contributed by atoms with van der Waals surface area (Å²) in [6.07, 6.45) is 0. The maximum atomic E-state index is 12.3. The average Bonchev–Trinajstić information content (AvgIpc) is 3.08. The molecule has 0 aromatic carbocycles. The lowest BCUT2D eigenvalue weighted by Crippen LogP contribution is -2.48. The Balaban J connectivity index is 1.54. The van der Waals surface area contributed by atoms with Crippen LogP contribution in [0.4, 0.5) is 0 Å². The van der Waals surface area contributed by atoms with Crippen LogP contribution in [-0.2, 0) is 6.54 Å². The molecule has 3 rings (SSSR count). The molecule has 0 N–H and O–H groups in total. The molecule has 1 aliphatic rings. The molecular formula is C14H16BrN3O2S. The SMILES string of the molecule is Cc1cc(CN2CCN(C(=O)c3ccc(Br)s3)CC2)on1. The van der Waals surface area contributed by atoms with E-state index in [0.29, 0.717) is 0 Å². The van der Waals surface area contributed by atoms with Crippen molar-refractivity contribution in [3.63, 3.8) is 0 Å². The van der Waals surface area contributed by atoms with E-state index in [-0.39, 0.29) is 5.91 Å². The van der Waals surface area contributed by atoms with Crippen molar-refractivity contribution >= 4 is 33.2 Å².